The summed E-state index contributed by atoms with van der Waals surface area (Å²) < 4.78 is 0. The Morgan fingerprint density at radius 3 is 0.920 bits per heavy atom. The van der Waals surface area contributed by atoms with Crippen LogP contribution in [-0.2, 0) is 0 Å². The van der Waals surface area contributed by atoms with Gasteiger partial charge in [0.25, 0.3) is 0 Å². The molecule has 50 heavy (non-hydrogen) atoms. The topological polar surface area (TPSA) is 77.3 Å². The van der Waals surface area contributed by atoms with E-state index in [-0.39, 0.29) is 0 Å². The largest absolute Gasteiger partial charge is 0.255 e. The van der Waals surface area contributed by atoms with E-state index >= 15 is 0 Å². The lowest BCUT2D eigenvalue weighted by molar-refractivity contribution is 1.22. The van der Waals surface area contributed by atoms with Gasteiger partial charge in [0.05, 0.1) is 45.6 Å². The highest BCUT2D eigenvalue weighted by Gasteiger charge is 2.12. The summed E-state index contributed by atoms with van der Waals surface area (Å²) in [5, 5.41) is 0. The van der Waals surface area contributed by atoms with Crippen molar-refractivity contribution < 1.29 is 0 Å². The van der Waals surface area contributed by atoms with Crippen molar-refractivity contribution in [1.29, 1.82) is 0 Å². The molecule has 0 aliphatic heterocycles. The minimum absolute atomic E-state index is 0.783. The lowest BCUT2D eigenvalue weighted by Gasteiger charge is -2.10. The molecule has 2 aromatic carbocycles. The van der Waals surface area contributed by atoms with Crippen LogP contribution in [0.2, 0.25) is 0 Å². The third-order valence-corrected chi connectivity index (χ3v) is 8.10. The Hall–Kier alpha value is -7.10. The molecule has 0 saturated carbocycles. The van der Waals surface area contributed by atoms with Crippen LogP contribution in [0.1, 0.15) is 11.1 Å². The van der Waals surface area contributed by atoms with Crippen molar-refractivity contribution in [3.8, 4) is 79.6 Å². The predicted octanol–water partition coefficient (Wildman–Crippen LogP) is 9.46. The summed E-state index contributed by atoms with van der Waals surface area (Å²) in [6.07, 6.45) is 7.12. The number of aromatic nitrogens is 6. The predicted molar refractivity (Wildman–Crippen MR) is 198 cm³/mol. The normalized spacial score (nSPS) is 10.6. The summed E-state index contributed by atoms with van der Waals surface area (Å²) in [5.74, 6) is 6.79. The van der Waals surface area contributed by atoms with Crippen molar-refractivity contribution in [3.05, 3.63) is 182 Å². The van der Waals surface area contributed by atoms with Crippen molar-refractivity contribution in [3.63, 3.8) is 0 Å². The number of hydrogen-bond donors (Lipinski definition) is 0. The molecule has 0 saturated heterocycles. The monoisotopic (exact) mass is 640 g/mol. The minimum Gasteiger partial charge on any atom is -0.255 e. The highest BCUT2D eigenvalue weighted by atomic mass is 14.8. The summed E-state index contributed by atoms with van der Waals surface area (Å²) in [6, 6.07) is 48.2. The number of rotatable bonds is 6. The number of nitrogens with zero attached hydrogens (tertiary/aromatic N) is 6. The van der Waals surface area contributed by atoms with Crippen molar-refractivity contribution in [2.45, 2.75) is 0 Å². The zero-order chi connectivity index (χ0) is 33.5. The molecule has 6 aromatic heterocycles. The van der Waals surface area contributed by atoms with E-state index in [0.29, 0.717) is 0 Å². The van der Waals surface area contributed by atoms with Crippen molar-refractivity contribution in [1.82, 2.24) is 29.9 Å². The zero-order valence-corrected chi connectivity index (χ0v) is 26.8. The molecule has 8 rings (SSSR count). The van der Waals surface area contributed by atoms with Gasteiger partial charge in [-0.2, -0.15) is 0 Å². The third-order valence-electron chi connectivity index (χ3n) is 8.10. The summed E-state index contributed by atoms with van der Waals surface area (Å²) in [6.45, 7) is 0. The van der Waals surface area contributed by atoms with E-state index in [9.17, 15) is 0 Å². The Morgan fingerprint density at radius 2 is 0.620 bits per heavy atom. The van der Waals surface area contributed by atoms with Crippen LogP contribution in [0.15, 0.2) is 170 Å². The molecular formula is C44H28N6. The molecule has 0 aliphatic carbocycles. The fraction of sp³-hybridized carbons (Fsp3) is 0. The highest BCUT2D eigenvalue weighted by molar-refractivity contribution is 5.77. The molecule has 0 unspecified atom stereocenters. The Bertz CT molecular complexity index is 2180. The fourth-order valence-corrected chi connectivity index (χ4v) is 5.67. The van der Waals surface area contributed by atoms with Crippen LogP contribution >= 0.6 is 0 Å². The van der Waals surface area contributed by atoms with Crippen molar-refractivity contribution in [2.24, 2.45) is 0 Å². The van der Waals surface area contributed by atoms with Gasteiger partial charge in [-0.3, -0.25) is 19.9 Å². The maximum absolute atomic E-state index is 4.91. The minimum atomic E-state index is 0.783. The zero-order valence-electron chi connectivity index (χ0n) is 26.8. The van der Waals surface area contributed by atoms with Crippen LogP contribution in [0.25, 0.3) is 67.8 Å². The van der Waals surface area contributed by atoms with Crippen LogP contribution in [0.5, 0.6) is 0 Å². The summed E-state index contributed by atoms with van der Waals surface area (Å²) in [5.41, 5.74) is 12.2. The first-order valence-corrected chi connectivity index (χ1v) is 16.2. The third kappa shape index (κ3) is 6.79. The number of hydrogen-bond acceptors (Lipinski definition) is 6. The van der Waals surface area contributed by atoms with Gasteiger partial charge in [0.15, 0.2) is 0 Å². The average molecular weight is 641 g/mol. The van der Waals surface area contributed by atoms with Gasteiger partial charge in [-0.25, -0.2) is 9.97 Å². The summed E-state index contributed by atoms with van der Waals surface area (Å²) in [7, 11) is 0. The molecule has 0 fully saturated rings. The Balaban J connectivity index is 1.14. The summed E-state index contributed by atoms with van der Waals surface area (Å²) in [4.78, 5) is 28.0. The molecule has 0 N–H and O–H groups in total. The van der Waals surface area contributed by atoms with E-state index in [2.05, 4.69) is 80.3 Å². The van der Waals surface area contributed by atoms with Gasteiger partial charge in [0.1, 0.15) is 0 Å². The average Bonchev–Trinajstić information content (AvgIpc) is 3.21. The smallest absolute Gasteiger partial charge is 0.0900 e. The molecule has 8 aromatic rings. The van der Waals surface area contributed by atoms with E-state index < -0.39 is 0 Å². The van der Waals surface area contributed by atoms with E-state index in [1.807, 2.05) is 97.1 Å². The lowest BCUT2D eigenvalue weighted by Crippen LogP contribution is -1.94. The first-order valence-electron chi connectivity index (χ1n) is 16.2. The van der Waals surface area contributed by atoms with E-state index in [0.717, 1.165) is 78.9 Å². The van der Waals surface area contributed by atoms with Gasteiger partial charge in [-0.05, 0) is 119 Å². The van der Waals surface area contributed by atoms with Crippen molar-refractivity contribution in [2.75, 3.05) is 0 Å². The number of pyridine rings is 6. The highest BCUT2D eigenvalue weighted by Crippen LogP contribution is 2.31. The van der Waals surface area contributed by atoms with Gasteiger partial charge < -0.3 is 0 Å². The second-order valence-electron chi connectivity index (χ2n) is 11.5. The molecule has 0 atom stereocenters. The van der Waals surface area contributed by atoms with Gasteiger partial charge in [0, 0.05) is 35.9 Å². The van der Waals surface area contributed by atoms with Crippen LogP contribution in [-0.4, -0.2) is 29.9 Å². The lowest BCUT2D eigenvalue weighted by atomic mass is 10.00. The Morgan fingerprint density at radius 1 is 0.280 bits per heavy atom. The first-order chi connectivity index (χ1) is 24.7. The molecule has 0 bridgehead atoms. The SMILES string of the molecule is C(#Cc1cccc(-c2cc(-c3ccccn3)nc(-c3ccccn3)c2)c1)c1cccc(-c2cc(-c3ccccn3)nc(-c3ccccn3)c2)c1. The summed E-state index contributed by atoms with van der Waals surface area (Å²) >= 11 is 0. The molecule has 6 heterocycles. The van der Waals surface area contributed by atoms with Crippen LogP contribution in [0.4, 0.5) is 0 Å². The second kappa shape index (κ2) is 13.9. The van der Waals surface area contributed by atoms with Crippen LogP contribution in [0, 0.1) is 11.8 Å². The van der Waals surface area contributed by atoms with Crippen molar-refractivity contribution >= 4 is 0 Å². The van der Waals surface area contributed by atoms with Gasteiger partial charge in [-0.15, -0.1) is 0 Å². The first kappa shape index (κ1) is 30.2. The molecule has 0 aliphatic rings. The standard InChI is InChI=1S/C44H28N6/c1-5-21-45-37(15-1)41-27-35(28-42(49-41)38-16-2-6-22-46-38)33-13-9-11-31(25-33)19-20-32-12-10-14-34(26-32)36-29-43(39-17-3-7-23-47-39)50-44(30-36)40-18-4-8-24-48-40/h1-18,21-30H. The molecule has 0 amide bonds. The molecule has 6 heteroatoms. The molecule has 0 radical (unpaired) electrons. The van der Waals surface area contributed by atoms with Crippen LogP contribution in [0.3, 0.4) is 0 Å². The van der Waals surface area contributed by atoms with Gasteiger partial charge in [-0.1, -0.05) is 60.4 Å². The van der Waals surface area contributed by atoms with E-state index in [4.69, 9.17) is 9.97 Å². The maximum atomic E-state index is 4.91. The molecule has 234 valence electrons. The van der Waals surface area contributed by atoms with Gasteiger partial charge in [0.2, 0.25) is 0 Å². The maximum Gasteiger partial charge on any atom is 0.0900 e. The second-order valence-corrected chi connectivity index (χ2v) is 11.5. The fourth-order valence-electron chi connectivity index (χ4n) is 5.67. The quantitative estimate of drug-likeness (QED) is 0.169. The van der Waals surface area contributed by atoms with E-state index in [1.165, 1.54) is 0 Å². The van der Waals surface area contributed by atoms with E-state index in [1.54, 1.807) is 24.8 Å². The Kier molecular flexibility index (Phi) is 8.43. The Labute approximate surface area is 290 Å². The molecule has 6 nitrogen and oxygen atoms in total. The molecule has 0 spiro atoms. The number of benzene rings is 2. The van der Waals surface area contributed by atoms with Gasteiger partial charge >= 0.3 is 0 Å². The van der Waals surface area contributed by atoms with Crippen LogP contribution < -0.4 is 0 Å². The molecular weight excluding hydrogens is 613 g/mol.